The summed E-state index contributed by atoms with van der Waals surface area (Å²) in [5.41, 5.74) is 13.4. The van der Waals surface area contributed by atoms with Gasteiger partial charge in [0.25, 0.3) is 0 Å². The quantitative estimate of drug-likeness (QED) is 0.0619. The van der Waals surface area contributed by atoms with Crippen molar-refractivity contribution in [1.82, 2.24) is 10.6 Å². The van der Waals surface area contributed by atoms with Crippen LogP contribution in [0.4, 0.5) is 0 Å². The van der Waals surface area contributed by atoms with Crippen molar-refractivity contribution in [3.05, 3.63) is 144 Å². The van der Waals surface area contributed by atoms with Crippen molar-refractivity contribution in [3.8, 4) is 0 Å². The van der Waals surface area contributed by atoms with Crippen LogP contribution in [0.2, 0.25) is 0 Å². The van der Waals surface area contributed by atoms with Gasteiger partial charge in [-0.05, 0) is 41.5 Å². The van der Waals surface area contributed by atoms with E-state index in [9.17, 15) is 19.2 Å². The number of ether oxygens (including phenoxy) is 6. The van der Waals surface area contributed by atoms with Crippen molar-refractivity contribution in [2.45, 2.75) is 107 Å². The molecule has 0 aliphatic carbocycles. The van der Waals surface area contributed by atoms with Crippen LogP contribution in [-0.4, -0.2) is 92.8 Å². The third-order valence-corrected chi connectivity index (χ3v) is 11.5. The molecule has 0 aromatic heterocycles. The van der Waals surface area contributed by atoms with Crippen LogP contribution in [-0.2, 0) is 59.8 Å². The number of carbonyl (C=O) groups is 4. The zero-order valence-corrected chi connectivity index (χ0v) is 36.9. The van der Waals surface area contributed by atoms with Crippen LogP contribution in [0.25, 0.3) is 0 Å². The first-order valence-electron chi connectivity index (χ1n) is 21.3. The van der Waals surface area contributed by atoms with Crippen LogP contribution in [0, 0.1) is 5.92 Å². The number of hydrogen-bond acceptors (Lipinski definition) is 11. The van der Waals surface area contributed by atoms with E-state index in [1.54, 1.807) is 20.8 Å². The van der Waals surface area contributed by atoms with Gasteiger partial charge in [0, 0.05) is 26.9 Å². The summed E-state index contributed by atoms with van der Waals surface area (Å²) < 4.78 is 38.4. The van der Waals surface area contributed by atoms with E-state index in [0.717, 1.165) is 22.3 Å². The monoisotopic (exact) mass is 866 g/mol. The molecule has 6 N–H and O–H groups in total. The molecule has 5 rings (SSSR count). The molecule has 338 valence electrons. The minimum atomic E-state index is -1.58. The standard InChI is InChI=1S/C49H62N4O10/c1-32(2)48(51,47(57)53-39(45(50)56)27-28-41(55)58-5)29-33(3)62-44-42(52-34(4)54)46(60-30-35-19-11-7-12-20-35)63-40(43(44)59-6)31-61-49(36-21-13-8-14-22-36,37-23-15-9-16-24-37)38-25-17-10-18-26-38/h7-26,32-33,39-40,42-44,46H,27-31,51H2,1-6H3,(H2,50,56)(H,52,54)(H,53,57)/t33?,39-,40-,42-,43-,44-,46+,48+/m1/s1. The van der Waals surface area contributed by atoms with E-state index >= 15 is 0 Å². The predicted octanol–water partition coefficient (Wildman–Crippen LogP) is 4.90. The maximum Gasteiger partial charge on any atom is 0.305 e. The van der Waals surface area contributed by atoms with E-state index in [-0.39, 0.29) is 38.4 Å². The van der Waals surface area contributed by atoms with Gasteiger partial charge in [0.05, 0.1) is 26.4 Å². The number of amides is 3. The molecule has 4 aromatic rings. The molecule has 1 aliphatic heterocycles. The molecule has 63 heavy (non-hydrogen) atoms. The molecule has 0 bridgehead atoms. The van der Waals surface area contributed by atoms with Gasteiger partial charge in [0.15, 0.2) is 6.29 Å². The van der Waals surface area contributed by atoms with Crippen LogP contribution in [0.1, 0.15) is 69.2 Å². The van der Waals surface area contributed by atoms with E-state index in [1.165, 1.54) is 21.1 Å². The minimum absolute atomic E-state index is 0.0290. The predicted molar refractivity (Wildman–Crippen MR) is 237 cm³/mol. The first kappa shape index (κ1) is 48.6. The summed E-state index contributed by atoms with van der Waals surface area (Å²) in [6.45, 7) is 6.84. The Kier molecular flexibility index (Phi) is 17.5. The smallest absolute Gasteiger partial charge is 0.305 e. The summed E-state index contributed by atoms with van der Waals surface area (Å²) in [5.74, 6) is -2.85. The summed E-state index contributed by atoms with van der Waals surface area (Å²) in [6, 6.07) is 37.3. The number of esters is 1. The molecule has 4 aromatic carbocycles. The Morgan fingerprint density at radius 2 is 1.30 bits per heavy atom. The summed E-state index contributed by atoms with van der Waals surface area (Å²) in [6.07, 6.45) is -4.70. The lowest BCUT2D eigenvalue weighted by atomic mass is 9.80. The molecule has 1 saturated heterocycles. The molecular formula is C49H62N4O10. The number of hydrogen-bond donors (Lipinski definition) is 4. The van der Waals surface area contributed by atoms with E-state index in [1.807, 2.05) is 121 Å². The van der Waals surface area contributed by atoms with Crippen molar-refractivity contribution in [1.29, 1.82) is 0 Å². The Morgan fingerprint density at radius 3 is 1.76 bits per heavy atom. The van der Waals surface area contributed by atoms with Crippen molar-refractivity contribution >= 4 is 23.7 Å². The van der Waals surface area contributed by atoms with E-state index in [2.05, 4.69) is 10.6 Å². The summed E-state index contributed by atoms with van der Waals surface area (Å²) in [7, 11) is 2.76. The molecular weight excluding hydrogens is 805 g/mol. The highest BCUT2D eigenvalue weighted by Crippen LogP contribution is 2.41. The second-order valence-electron chi connectivity index (χ2n) is 16.2. The average Bonchev–Trinajstić information content (AvgIpc) is 3.29. The number of methoxy groups -OCH3 is 2. The van der Waals surface area contributed by atoms with Gasteiger partial charge in [-0.25, -0.2) is 0 Å². The lowest BCUT2D eigenvalue weighted by Gasteiger charge is -2.48. The topological polar surface area (TPSA) is 200 Å². The van der Waals surface area contributed by atoms with Crippen LogP contribution >= 0.6 is 0 Å². The normalized spacial score (nSPS) is 20.8. The molecule has 14 heteroatoms. The second kappa shape index (κ2) is 22.7. The molecule has 1 fully saturated rings. The molecule has 1 aliphatic rings. The molecule has 1 heterocycles. The lowest BCUT2D eigenvalue weighted by Crippen LogP contribution is -2.67. The zero-order valence-electron chi connectivity index (χ0n) is 36.9. The van der Waals surface area contributed by atoms with Gasteiger partial charge >= 0.3 is 5.97 Å². The second-order valence-corrected chi connectivity index (χ2v) is 16.2. The summed E-state index contributed by atoms with van der Waals surface area (Å²) in [5, 5.41) is 5.66. The number of nitrogens with one attached hydrogen (secondary N) is 2. The minimum Gasteiger partial charge on any atom is -0.469 e. The van der Waals surface area contributed by atoms with Gasteiger partial charge in [0.1, 0.15) is 41.5 Å². The number of rotatable bonds is 22. The highest BCUT2D eigenvalue weighted by atomic mass is 16.7. The summed E-state index contributed by atoms with van der Waals surface area (Å²) in [4.78, 5) is 51.2. The van der Waals surface area contributed by atoms with Crippen LogP contribution in [0.3, 0.4) is 0 Å². The Labute approximate surface area is 370 Å². The number of carbonyl (C=O) groups excluding carboxylic acids is 4. The fourth-order valence-electron chi connectivity index (χ4n) is 8.07. The van der Waals surface area contributed by atoms with Gasteiger partial charge in [-0.2, -0.15) is 0 Å². The van der Waals surface area contributed by atoms with E-state index in [0.29, 0.717) is 0 Å². The number of primary amides is 1. The lowest BCUT2D eigenvalue weighted by molar-refractivity contribution is -0.294. The maximum atomic E-state index is 14.0. The Hall–Kier alpha value is -5.48. The highest BCUT2D eigenvalue weighted by Gasteiger charge is 2.51. The first-order chi connectivity index (χ1) is 30.2. The number of nitrogens with two attached hydrogens (primary N) is 2. The third kappa shape index (κ3) is 12.2. The zero-order chi connectivity index (χ0) is 45.6. The van der Waals surface area contributed by atoms with E-state index in [4.69, 9.17) is 39.9 Å². The molecule has 14 nitrogen and oxygen atoms in total. The molecule has 0 saturated carbocycles. The highest BCUT2D eigenvalue weighted by molar-refractivity contribution is 5.92. The van der Waals surface area contributed by atoms with Crippen LogP contribution in [0.15, 0.2) is 121 Å². The average molecular weight is 867 g/mol. The molecule has 8 atom stereocenters. The van der Waals surface area contributed by atoms with Gasteiger partial charge in [0.2, 0.25) is 17.7 Å². The van der Waals surface area contributed by atoms with Gasteiger partial charge in [-0.1, -0.05) is 135 Å². The van der Waals surface area contributed by atoms with Crippen LogP contribution < -0.4 is 22.1 Å². The largest absolute Gasteiger partial charge is 0.469 e. The van der Waals surface area contributed by atoms with Gasteiger partial charge < -0.3 is 50.5 Å². The molecule has 3 amide bonds. The van der Waals surface area contributed by atoms with E-state index < -0.39 is 77.6 Å². The van der Waals surface area contributed by atoms with Crippen molar-refractivity contribution in [2.75, 3.05) is 20.8 Å². The van der Waals surface area contributed by atoms with Crippen molar-refractivity contribution < 1.29 is 47.6 Å². The third-order valence-electron chi connectivity index (χ3n) is 11.5. The molecule has 0 radical (unpaired) electrons. The Bertz CT molecular complexity index is 1960. The fraction of sp³-hybridized carbons (Fsp3) is 0.429. The van der Waals surface area contributed by atoms with Crippen LogP contribution in [0.5, 0.6) is 0 Å². The SMILES string of the molecule is COC(=O)CC[C@@H](NC(=O)[C@](N)(CC(C)O[C@@H]1[C@@H](NC(C)=O)[C@@H](OCc2ccccc2)O[C@H](COC(c2ccccc2)(c2ccccc2)c2ccccc2)[C@H]1OC)C(C)C)C(N)=O. The Morgan fingerprint density at radius 1 is 0.778 bits per heavy atom. The Balaban J connectivity index is 1.52. The maximum absolute atomic E-state index is 14.0. The van der Waals surface area contributed by atoms with Gasteiger partial charge in [-0.15, -0.1) is 0 Å². The van der Waals surface area contributed by atoms with Crippen molar-refractivity contribution in [3.63, 3.8) is 0 Å². The molecule has 1 unspecified atom stereocenters. The summed E-state index contributed by atoms with van der Waals surface area (Å²) >= 11 is 0. The first-order valence-corrected chi connectivity index (χ1v) is 21.3. The number of benzene rings is 4. The van der Waals surface area contributed by atoms with Crippen molar-refractivity contribution in [2.24, 2.45) is 17.4 Å². The van der Waals surface area contributed by atoms with Gasteiger partial charge in [-0.3, -0.25) is 19.2 Å². The fourth-order valence-corrected chi connectivity index (χ4v) is 8.07. The molecule has 0 spiro atoms.